The summed E-state index contributed by atoms with van der Waals surface area (Å²) in [4.78, 5) is 4.38. The average Bonchev–Trinajstić information content (AvgIpc) is 2.27. The van der Waals surface area contributed by atoms with Crippen LogP contribution in [0.4, 0.5) is 5.69 Å². The molecule has 0 saturated heterocycles. The van der Waals surface area contributed by atoms with E-state index >= 15 is 0 Å². The summed E-state index contributed by atoms with van der Waals surface area (Å²) >= 11 is 6.30. The molecular formula is C14H24ClN3. The van der Waals surface area contributed by atoms with E-state index in [0.717, 1.165) is 35.8 Å². The van der Waals surface area contributed by atoms with Gasteiger partial charge in [0.15, 0.2) is 0 Å². The smallest absolute Gasteiger partial charge is 0.0642 e. The molecule has 1 aromatic carbocycles. The predicted octanol–water partition coefficient (Wildman–Crippen LogP) is 2.75. The summed E-state index contributed by atoms with van der Waals surface area (Å²) in [6.45, 7) is 4.04. The lowest BCUT2D eigenvalue weighted by Gasteiger charge is -2.22. The first-order valence-electron chi connectivity index (χ1n) is 6.32. The molecular weight excluding hydrogens is 246 g/mol. The van der Waals surface area contributed by atoms with E-state index in [1.165, 1.54) is 0 Å². The summed E-state index contributed by atoms with van der Waals surface area (Å²) in [6, 6.07) is 6.09. The zero-order valence-electron chi connectivity index (χ0n) is 11.8. The van der Waals surface area contributed by atoms with Crippen LogP contribution in [0.15, 0.2) is 18.2 Å². The van der Waals surface area contributed by atoms with E-state index < -0.39 is 0 Å². The van der Waals surface area contributed by atoms with Crippen LogP contribution >= 0.6 is 11.6 Å². The molecule has 0 radical (unpaired) electrons. The Balaban J connectivity index is 2.65. The number of anilines is 1. The molecule has 18 heavy (non-hydrogen) atoms. The Bertz CT molecular complexity index is 377. The molecule has 4 heteroatoms. The number of rotatable bonds is 6. The molecule has 1 aromatic rings. The number of nitrogens with two attached hydrogens (primary N) is 1. The van der Waals surface area contributed by atoms with Gasteiger partial charge in [0.05, 0.1) is 10.7 Å². The van der Waals surface area contributed by atoms with Gasteiger partial charge in [0.1, 0.15) is 0 Å². The Hall–Kier alpha value is -0.770. The third-order valence-corrected chi connectivity index (χ3v) is 3.31. The first-order valence-corrected chi connectivity index (χ1v) is 6.70. The molecule has 0 spiro atoms. The maximum absolute atomic E-state index is 6.30. The number of nitrogens with zero attached hydrogens (tertiary/aromatic N) is 2. The van der Waals surface area contributed by atoms with Crippen molar-refractivity contribution >= 4 is 17.3 Å². The summed E-state index contributed by atoms with van der Waals surface area (Å²) < 4.78 is 0. The highest BCUT2D eigenvalue weighted by molar-refractivity contribution is 6.33. The monoisotopic (exact) mass is 269 g/mol. The average molecular weight is 270 g/mol. The van der Waals surface area contributed by atoms with Gasteiger partial charge in [-0.1, -0.05) is 17.7 Å². The molecule has 1 rings (SSSR count). The van der Waals surface area contributed by atoms with Gasteiger partial charge in [-0.15, -0.1) is 0 Å². The lowest BCUT2D eigenvalue weighted by atomic mass is 10.1. The van der Waals surface area contributed by atoms with Crippen LogP contribution in [-0.4, -0.2) is 39.1 Å². The summed E-state index contributed by atoms with van der Waals surface area (Å²) in [6.07, 6.45) is 1.12. The normalized spacial score (nSPS) is 12.8. The van der Waals surface area contributed by atoms with Gasteiger partial charge in [0.2, 0.25) is 0 Å². The quantitative estimate of drug-likeness (QED) is 0.862. The zero-order valence-corrected chi connectivity index (χ0v) is 12.5. The topological polar surface area (TPSA) is 32.5 Å². The standard InChI is InChI=1S/C14H24ClN3/c1-11(16)12-6-7-14(13(15)10-12)18(4)9-5-8-17(2)3/h6-7,10-11H,5,8-9,16H2,1-4H3/t11-/m1/s1. The van der Waals surface area contributed by atoms with Gasteiger partial charge in [0, 0.05) is 19.6 Å². The minimum absolute atomic E-state index is 0.0237. The van der Waals surface area contributed by atoms with Crippen LogP contribution in [0.2, 0.25) is 5.02 Å². The van der Waals surface area contributed by atoms with E-state index in [9.17, 15) is 0 Å². The summed E-state index contributed by atoms with van der Waals surface area (Å²) in [5, 5.41) is 0.775. The molecule has 0 saturated carbocycles. The molecule has 1 atom stereocenters. The second-order valence-corrected chi connectivity index (χ2v) is 5.49. The summed E-state index contributed by atoms with van der Waals surface area (Å²) in [5.74, 6) is 0. The van der Waals surface area contributed by atoms with Crippen molar-refractivity contribution in [1.29, 1.82) is 0 Å². The van der Waals surface area contributed by atoms with E-state index in [1.54, 1.807) is 0 Å². The van der Waals surface area contributed by atoms with Gasteiger partial charge in [-0.3, -0.25) is 0 Å². The molecule has 0 aromatic heterocycles. The van der Waals surface area contributed by atoms with E-state index in [4.69, 9.17) is 17.3 Å². The minimum atomic E-state index is 0.0237. The molecule has 2 N–H and O–H groups in total. The van der Waals surface area contributed by atoms with Crippen molar-refractivity contribution in [3.05, 3.63) is 28.8 Å². The number of halogens is 1. The second kappa shape index (κ2) is 6.98. The van der Waals surface area contributed by atoms with Gasteiger partial charge in [-0.25, -0.2) is 0 Å². The Labute approximate surface area is 116 Å². The van der Waals surface area contributed by atoms with Gasteiger partial charge >= 0.3 is 0 Å². The Morgan fingerprint density at radius 2 is 1.89 bits per heavy atom. The molecule has 0 fully saturated rings. The molecule has 0 unspecified atom stereocenters. The predicted molar refractivity (Wildman–Crippen MR) is 80.5 cm³/mol. The Morgan fingerprint density at radius 3 is 2.39 bits per heavy atom. The molecule has 102 valence electrons. The molecule has 3 nitrogen and oxygen atoms in total. The molecule has 0 aliphatic rings. The van der Waals surface area contributed by atoms with Crippen LogP contribution in [0.5, 0.6) is 0 Å². The van der Waals surface area contributed by atoms with Crippen molar-refractivity contribution in [1.82, 2.24) is 4.90 Å². The van der Waals surface area contributed by atoms with Crippen molar-refractivity contribution < 1.29 is 0 Å². The maximum atomic E-state index is 6.30. The van der Waals surface area contributed by atoms with Crippen LogP contribution < -0.4 is 10.6 Å². The van der Waals surface area contributed by atoms with E-state index in [1.807, 2.05) is 19.1 Å². The summed E-state index contributed by atoms with van der Waals surface area (Å²) in [5.41, 5.74) is 7.99. The van der Waals surface area contributed by atoms with E-state index in [0.29, 0.717) is 0 Å². The highest BCUT2D eigenvalue weighted by Gasteiger charge is 2.08. The van der Waals surface area contributed by atoms with Crippen molar-refractivity contribution in [2.75, 3.05) is 39.1 Å². The van der Waals surface area contributed by atoms with E-state index in [-0.39, 0.29) is 6.04 Å². The van der Waals surface area contributed by atoms with Crippen molar-refractivity contribution in [2.45, 2.75) is 19.4 Å². The van der Waals surface area contributed by atoms with Gasteiger partial charge in [-0.05, 0) is 51.7 Å². The highest BCUT2D eigenvalue weighted by atomic mass is 35.5. The van der Waals surface area contributed by atoms with Crippen molar-refractivity contribution in [2.24, 2.45) is 5.73 Å². The fourth-order valence-electron chi connectivity index (χ4n) is 1.86. The van der Waals surface area contributed by atoms with Crippen molar-refractivity contribution in [3.8, 4) is 0 Å². The molecule has 0 amide bonds. The molecule has 0 aliphatic heterocycles. The summed E-state index contributed by atoms with van der Waals surface area (Å²) in [7, 11) is 6.25. The lowest BCUT2D eigenvalue weighted by Crippen LogP contribution is -2.23. The lowest BCUT2D eigenvalue weighted by molar-refractivity contribution is 0.401. The minimum Gasteiger partial charge on any atom is -0.373 e. The maximum Gasteiger partial charge on any atom is 0.0642 e. The highest BCUT2D eigenvalue weighted by Crippen LogP contribution is 2.27. The first kappa shape index (κ1) is 15.3. The second-order valence-electron chi connectivity index (χ2n) is 5.08. The molecule has 0 bridgehead atoms. The molecule has 0 heterocycles. The number of hydrogen-bond donors (Lipinski definition) is 1. The van der Waals surface area contributed by atoms with Gasteiger partial charge in [-0.2, -0.15) is 0 Å². The largest absolute Gasteiger partial charge is 0.373 e. The third kappa shape index (κ3) is 4.48. The fraction of sp³-hybridized carbons (Fsp3) is 0.571. The number of hydrogen-bond acceptors (Lipinski definition) is 3. The van der Waals surface area contributed by atoms with Crippen molar-refractivity contribution in [3.63, 3.8) is 0 Å². The van der Waals surface area contributed by atoms with Gasteiger partial charge < -0.3 is 15.5 Å². The van der Waals surface area contributed by atoms with Crippen LogP contribution in [-0.2, 0) is 0 Å². The van der Waals surface area contributed by atoms with Crippen LogP contribution in [0.1, 0.15) is 24.9 Å². The number of benzene rings is 1. The SMILES string of the molecule is C[C@@H](N)c1ccc(N(C)CCCN(C)C)c(Cl)c1. The third-order valence-electron chi connectivity index (χ3n) is 3.01. The van der Waals surface area contributed by atoms with Crippen LogP contribution in [0.25, 0.3) is 0 Å². The zero-order chi connectivity index (χ0) is 13.7. The Kier molecular flexibility index (Phi) is 5.93. The fourth-order valence-corrected chi connectivity index (χ4v) is 2.19. The molecule has 0 aliphatic carbocycles. The van der Waals surface area contributed by atoms with Gasteiger partial charge in [0.25, 0.3) is 0 Å². The first-order chi connectivity index (χ1) is 8.41. The Morgan fingerprint density at radius 1 is 1.22 bits per heavy atom. The van der Waals surface area contributed by atoms with E-state index in [2.05, 4.69) is 37.0 Å². The van der Waals surface area contributed by atoms with Crippen LogP contribution in [0.3, 0.4) is 0 Å². The van der Waals surface area contributed by atoms with Crippen LogP contribution in [0, 0.1) is 0 Å².